The number of hydrogen-bond acceptors (Lipinski definition) is 7. The SMILES string of the molecule is CN[C@@H](CC(C)C)C(=O)N[C@H]1C=C(C(=O)N[C@@H](Cc2cccs2)C(N)=O)C[C@@H](O)[C@@H]1O. The van der Waals surface area contributed by atoms with E-state index < -0.39 is 42.1 Å². The quantitative estimate of drug-likeness (QED) is 0.279. The molecule has 0 saturated carbocycles. The summed E-state index contributed by atoms with van der Waals surface area (Å²) in [6, 6.07) is 1.36. The second-order valence-corrected chi connectivity index (χ2v) is 9.20. The fourth-order valence-electron chi connectivity index (χ4n) is 3.46. The van der Waals surface area contributed by atoms with Gasteiger partial charge in [-0.1, -0.05) is 26.0 Å². The van der Waals surface area contributed by atoms with Crippen molar-refractivity contribution >= 4 is 29.1 Å². The molecule has 9 nitrogen and oxygen atoms in total. The van der Waals surface area contributed by atoms with Crippen molar-refractivity contribution in [3.05, 3.63) is 34.0 Å². The summed E-state index contributed by atoms with van der Waals surface area (Å²) < 4.78 is 0. The Balaban J connectivity index is 2.11. The molecule has 1 aliphatic carbocycles. The summed E-state index contributed by atoms with van der Waals surface area (Å²) in [4.78, 5) is 38.1. The summed E-state index contributed by atoms with van der Waals surface area (Å²) in [5.74, 6) is -1.30. The van der Waals surface area contributed by atoms with Crippen LogP contribution in [0.1, 0.15) is 31.6 Å². The Morgan fingerprint density at radius 3 is 2.52 bits per heavy atom. The molecule has 3 amide bonds. The van der Waals surface area contributed by atoms with Crippen molar-refractivity contribution in [1.29, 1.82) is 0 Å². The van der Waals surface area contributed by atoms with Gasteiger partial charge in [0.1, 0.15) is 12.1 Å². The molecular weight excluding hydrogens is 420 g/mol. The lowest BCUT2D eigenvalue weighted by Gasteiger charge is -2.32. The van der Waals surface area contributed by atoms with E-state index in [0.717, 1.165) is 4.88 Å². The van der Waals surface area contributed by atoms with Gasteiger partial charge in [0.15, 0.2) is 0 Å². The molecule has 172 valence electrons. The number of nitrogens with two attached hydrogens (primary N) is 1. The Morgan fingerprint density at radius 1 is 1.26 bits per heavy atom. The van der Waals surface area contributed by atoms with E-state index in [0.29, 0.717) is 6.42 Å². The number of carbonyl (C=O) groups is 3. The van der Waals surface area contributed by atoms with E-state index in [1.165, 1.54) is 17.4 Å². The standard InChI is InChI=1S/C21H32N4O5S/c1-11(2)7-16(23-3)21(30)24-14-8-12(9-17(26)18(14)27)20(29)25-15(19(22)28)10-13-5-4-6-31-13/h4-6,8,11,14-18,23,26-27H,7,9-10H2,1-3H3,(H2,22,28)(H,24,30)(H,25,29)/t14-,15-,16-,17+,18+/m0/s1. The molecule has 10 heteroatoms. The molecule has 1 aromatic rings. The summed E-state index contributed by atoms with van der Waals surface area (Å²) >= 11 is 1.45. The number of nitrogens with one attached hydrogen (secondary N) is 3. The maximum Gasteiger partial charge on any atom is 0.247 e. The second-order valence-electron chi connectivity index (χ2n) is 8.17. The topological polar surface area (TPSA) is 154 Å². The molecule has 1 heterocycles. The molecular formula is C21H32N4O5S. The number of amides is 3. The van der Waals surface area contributed by atoms with Crippen molar-refractivity contribution in [3.8, 4) is 0 Å². The fourth-order valence-corrected chi connectivity index (χ4v) is 4.21. The van der Waals surface area contributed by atoms with Crippen molar-refractivity contribution in [2.75, 3.05) is 7.05 Å². The maximum atomic E-state index is 12.8. The summed E-state index contributed by atoms with van der Waals surface area (Å²) in [5.41, 5.74) is 5.61. The van der Waals surface area contributed by atoms with Crippen LogP contribution >= 0.6 is 11.3 Å². The highest BCUT2D eigenvalue weighted by molar-refractivity contribution is 7.09. The summed E-state index contributed by atoms with van der Waals surface area (Å²) in [5, 5.41) is 30.7. The van der Waals surface area contributed by atoms with Crippen LogP contribution in [-0.4, -0.2) is 65.3 Å². The van der Waals surface area contributed by atoms with Gasteiger partial charge in [0.2, 0.25) is 17.7 Å². The monoisotopic (exact) mass is 452 g/mol. The number of thiophene rings is 1. The minimum Gasteiger partial charge on any atom is -0.390 e. The van der Waals surface area contributed by atoms with E-state index in [-0.39, 0.29) is 30.2 Å². The largest absolute Gasteiger partial charge is 0.390 e. The number of rotatable bonds is 10. The van der Waals surface area contributed by atoms with Crippen LogP contribution < -0.4 is 21.7 Å². The van der Waals surface area contributed by atoms with Gasteiger partial charge < -0.3 is 31.9 Å². The van der Waals surface area contributed by atoms with E-state index in [2.05, 4.69) is 16.0 Å². The minimum atomic E-state index is -1.25. The van der Waals surface area contributed by atoms with Gasteiger partial charge in [-0.25, -0.2) is 0 Å². The van der Waals surface area contributed by atoms with E-state index in [1.54, 1.807) is 7.05 Å². The zero-order valence-electron chi connectivity index (χ0n) is 18.0. The third kappa shape index (κ3) is 7.13. The number of carbonyl (C=O) groups excluding carboxylic acids is 3. The first kappa shape index (κ1) is 25.0. The molecule has 0 bridgehead atoms. The Labute approximate surface area is 186 Å². The van der Waals surface area contributed by atoms with Crippen molar-refractivity contribution in [2.24, 2.45) is 11.7 Å². The average molecular weight is 453 g/mol. The molecule has 0 radical (unpaired) electrons. The van der Waals surface area contributed by atoms with Gasteiger partial charge in [-0.3, -0.25) is 14.4 Å². The lowest BCUT2D eigenvalue weighted by molar-refractivity contribution is -0.126. The van der Waals surface area contributed by atoms with Crippen LogP contribution in [0.15, 0.2) is 29.2 Å². The molecule has 31 heavy (non-hydrogen) atoms. The highest BCUT2D eigenvalue weighted by atomic mass is 32.1. The first-order valence-electron chi connectivity index (χ1n) is 10.3. The van der Waals surface area contributed by atoms with Crippen LogP contribution in [0, 0.1) is 5.92 Å². The third-order valence-corrected chi connectivity index (χ3v) is 6.08. The van der Waals surface area contributed by atoms with E-state index in [4.69, 9.17) is 5.73 Å². The van der Waals surface area contributed by atoms with Crippen molar-refractivity contribution < 1.29 is 24.6 Å². The Hall–Kier alpha value is -2.27. The predicted octanol–water partition coefficient (Wildman–Crippen LogP) is -0.568. The average Bonchev–Trinajstić information content (AvgIpc) is 3.21. The van der Waals surface area contributed by atoms with Gasteiger partial charge in [-0.2, -0.15) is 0 Å². The Morgan fingerprint density at radius 2 is 1.97 bits per heavy atom. The first-order valence-corrected chi connectivity index (χ1v) is 11.2. The Bertz CT molecular complexity index is 796. The van der Waals surface area contributed by atoms with Crippen LogP contribution in [0.4, 0.5) is 0 Å². The van der Waals surface area contributed by atoms with Gasteiger partial charge in [-0.15, -0.1) is 11.3 Å². The molecule has 0 aromatic carbocycles. The molecule has 0 fully saturated rings. The molecule has 0 unspecified atom stereocenters. The lowest BCUT2D eigenvalue weighted by atomic mass is 9.89. The zero-order valence-corrected chi connectivity index (χ0v) is 18.8. The van der Waals surface area contributed by atoms with E-state index in [1.807, 2.05) is 31.4 Å². The number of primary amides is 1. The van der Waals surface area contributed by atoms with Crippen LogP contribution in [0.5, 0.6) is 0 Å². The van der Waals surface area contributed by atoms with Crippen molar-refractivity contribution in [1.82, 2.24) is 16.0 Å². The number of aliphatic hydroxyl groups excluding tert-OH is 2. The fraction of sp³-hybridized carbons (Fsp3) is 0.571. The summed E-state index contributed by atoms with van der Waals surface area (Å²) in [7, 11) is 1.67. The molecule has 5 atom stereocenters. The van der Waals surface area contributed by atoms with Crippen molar-refractivity contribution in [2.45, 2.75) is 63.4 Å². The zero-order chi connectivity index (χ0) is 23.1. The molecule has 7 N–H and O–H groups in total. The molecule has 0 saturated heterocycles. The van der Waals surface area contributed by atoms with E-state index >= 15 is 0 Å². The van der Waals surface area contributed by atoms with Crippen LogP contribution in [-0.2, 0) is 20.8 Å². The third-order valence-electron chi connectivity index (χ3n) is 5.18. The first-order chi connectivity index (χ1) is 14.6. The Kier molecular flexibility index (Phi) is 9.17. The summed E-state index contributed by atoms with van der Waals surface area (Å²) in [6.07, 6.45) is -0.320. The second kappa shape index (κ2) is 11.4. The molecule has 0 spiro atoms. The lowest BCUT2D eigenvalue weighted by Crippen LogP contribution is -2.55. The molecule has 1 aromatic heterocycles. The highest BCUT2D eigenvalue weighted by Crippen LogP contribution is 2.21. The van der Waals surface area contributed by atoms with Gasteiger partial charge in [0.25, 0.3) is 0 Å². The van der Waals surface area contributed by atoms with Crippen molar-refractivity contribution in [3.63, 3.8) is 0 Å². The smallest absolute Gasteiger partial charge is 0.247 e. The normalized spacial score (nSPS) is 23.0. The van der Waals surface area contributed by atoms with Crippen LogP contribution in [0.25, 0.3) is 0 Å². The number of hydrogen-bond donors (Lipinski definition) is 6. The molecule has 2 rings (SSSR count). The molecule has 0 aliphatic heterocycles. The number of aliphatic hydroxyl groups is 2. The maximum absolute atomic E-state index is 12.8. The van der Waals surface area contributed by atoms with Crippen LogP contribution in [0.3, 0.4) is 0 Å². The molecule has 1 aliphatic rings. The van der Waals surface area contributed by atoms with Gasteiger partial charge in [0.05, 0.1) is 18.2 Å². The van der Waals surface area contributed by atoms with Gasteiger partial charge in [0, 0.05) is 23.3 Å². The van der Waals surface area contributed by atoms with E-state index in [9.17, 15) is 24.6 Å². The van der Waals surface area contributed by atoms with Gasteiger partial charge >= 0.3 is 0 Å². The predicted molar refractivity (Wildman–Crippen MR) is 118 cm³/mol. The number of likely N-dealkylation sites (N-methyl/N-ethyl adjacent to an activating group) is 1. The van der Waals surface area contributed by atoms with Gasteiger partial charge in [-0.05, 0) is 30.8 Å². The van der Waals surface area contributed by atoms with Crippen LogP contribution in [0.2, 0.25) is 0 Å². The highest BCUT2D eigenvalue weighted by Gasteiger charge is 2.35. The summed E-state index contributed by atoms with van der Waals surface area (Å²) in [6.45, 7) is 3.98. The minimum absolute atomic E-state index is 0.106.